The van der Waals surface area contributed by atoms with Crippen LogP contribution in [-0.2, 0) is 23.9 Å². The fourth-order valence-corrected chi connectivity index (χ4v) is 2.35. The maximum atomic E-state index is 11.7. The van der Waals surface area contributed by atoms with E-state index in [1.54, 1.807) is 0 Å². The molecule has 0 saturated carbocycles. The lowest BCUT2D eigenvalue weighted by Crippen LogP contribution is -2.31. The smallest absolute Gasteiger partial charge is 0.253 e. The highest BCUT2D eigenvalue weighted by atomic mass is 16.5. The fraction of sp³-hybridized carbons (Fsp3) is 0.700. The van der Waals surface area contributed by atoms with Crippen molar-refractivity contribution >= 4 is 17.7 Å². The van der Waals surface area contributed by atoms with Gasteiger partial charge in [0.25, 0.3) is 11.8 Å². The van der Waals surface area contributed by atoms with Crippen LogP contribution < -0.4 is 5.32 Å². The number of nitrogens with one attached hydrogen (secondary N) is 1. The summed E-state index contributed by atoms with van der Waals surface area (Å²) in [6, 6.07) is 0. The third-order valence-corrected chi connectivity index (χ3v) is 3.94. The van der Waals surface area contributed by atoms with Crippen LogP contribution in [0.25, 0.3) is 0 Å². The zero-order chi connectivity index (χ0) is 20.1. The molecule has 1 radical (unpaired) electrons. The first-order valence-corrected chi connectivity index (χ1v) is 9.60. The summed E-state index contributed by atoms with van der Waals surface area (Å²) in [5.74, 6) is -0.518. The number of imide groups is 1. The highest BCUT2D eigenvalue weighted by Gasteiger charge is 2.22. The number of amides is 3. The summed E-state index contributed by atoms with van der Waals surface area (Å²) in [4.78, 5) is 35.7. The largest absolute Gasteiger partial charge is 0.379 e. The molecule has 0 spiro atoms. The minimum atomic E-state index is -0.254. The third-order valence-electron chi connectivity index (χ3n) is 3.94. The summed E-state index contributed by atoms with van der Waals surface area (Å²) < 4.78 is 10.9. The predicted molar refractivity (Wildman–Crippen MR) is 103 cm³/mol. The Morgan fingerprint density at radius 2 is 1.70 bits per heavy atom. The Labute approximate surface area is 162 Å². The zero-order valence-corrected chi connectivity index (χ0v) is 16.8. The number of nitrogens with zero attached hydrogens (tertiary/aromatic N) is 1. The van der Waals surface area contributed by atoms with Crippen LogP contribution in [0.1, 0.15) is 46.5 Å². The molecule has 0 atom stereocenters. The Morgan fingerprint density at radius 3 is 2.37 bits per heavy atom. The van der Waals surface area contributed by atoms with Gasteiger partial charge in [0.2, 0.25) is 5.91 Å². The maximum Gasteiger partial charge on any atom is 0.253 e. The molecule has 0 fully saturated rings. The van der Waals surface area contributed by atoms with E-state index < -0.39 is 0 Å². The van der Waals surface area contributed by atoms with E-state index in [-0.39, 0.29) is 23.1 Å². The lowest BCUT2D eigenvalue weighted by atomic mass is 9.93. The molecule has 0 bridgehead atoms. The Bertz CT molecular complexity index is 493. The standard InChI is InChI=1S/C20H33N2O5/c1-20(2,3)10-13-26-15-16-27-14-11-21-17(23)7-5-4-6-12-22-18(24)8-9-19(22)25/h8-10H,4-7,11-16H2,1-3H3,(H,21,23). The van der Waals surface area contributed by atoms with E-state index in [1.165, 1.54) is 17.1 Å². The van der Waals surface area contributed by atoms with E-state index in [0.29, 0.717) is 52.4 Å². The quantitative estimate of drug-likeness (QED) is 0.367. The van der Waals surface area contributed by atoms with E-state index >= 15 is 0 Å². The van der Waals surface area contributed by atoms with E-state index in [9.17, 15) is 14.4 Å². The van der Waals surface area contributed by atoms with Crippen molar-refractivity contribution in [2.45, 2.75) is 46.5 Å². The Balaban J connectivity index is 1.86. The Kier molecular flexibility index (Phi) is 10.9. The Morgan fingerprint density at radius 1 is 1.04 bits per heavy atom. The maximum absolute atomic E-state index is 11.7. The molecule has 0 aromatic heterocycles. The molecular formula is C20H33N2O5. The molecule has 153 valence electrons. The van der Waals surface area contributed by atoms with Crippen molar-refractivity contribution < 1.29 is 23.9 Å². The van der Waals surface area contributed by atoms with Crippen LogP contribution in [0, 0.1) is 11.8 Å². The first-order chi connectivity index (χ1) is 12.8. The monoisotopic (exact) mass is 381 g/mol. The van der Waals surface area contributed by atoms with E-state index in [1.807, 2.05) is 0 Å². The fourth-order valence-electron chi connectivity index (χ4n) is 2.35. The molecule has 1 N–H and O–H groups in total. The van der Waals surface area contributed by atoms with Gasteiger partial charge in [0.05, 0.1) is 26.4 Å². The molecule has 0 saturated heterocycles. The van der Waals surface area contributed by atoms with Crippen molar-refractivity contribution in [3.63, 3.8) is 0 Å². The molecule has 27 heavy (non-hydrogen) atoms. The zero-order valence-electron chi connectivity index (χ0n) is 16.8. The van der Waals surface area contributed by atoms with Crippen LogP contribution in [0.15, 0.2) is 12.2 Å². The van der Waals surface area contributed by atoms with E-state index in [0.717, 1.165) is 12.8 Å². The molecule has 1 heterocycles. The van der Waals surface area contributed by atoms with Crippen molar-refractivity contribution in [1.82, 2.24) is 10.2 Å². The van der Waals surface area contributed by atoms with Crippen LogP contribution in [0.2, 0.25) is 0 Å². The van der Waals surface area contributed by atoms with Gasteiger partial charge in [-0.2, -0.15) is 0 Å². The lowest BCUT2D eigenvalue weighted by molar-refractivity contribution is -0.137. The number of carbonyl (C=O) groups is 3. The van der Waals surface area contributed by atoms with E-state index in [2.05, 4.69) is 32.5 Å². The molecule has 1 rings (SSSR count). The van der Waals surface area contributed by atoms with Crippen molar-refractivity contribution in [3.05, 3.63) is 18.6 Å². The number of hydrogen-bond donors (Lipinski definition) is 1. The van der Waals surface area contributed by atoms with Gasteiger partial charge in [-0.3, -0.25) is 19.3 Å². The second kappa shape index (κ2) is 12.6. The van der Waals surface area contributed by atoms with Gasteiger partial charge in [-0.05, 0) is 24.7 Å². The summed E-state index contributed by atoms with van der Waals surface area (Å²) in [6.07, 6.45) is 7.36. The molecule has 0 aromatic carbocycles. The van der Waals surface area contributed by atoms with Crippen molar-refractivity contribution in [1.29, 1.82) is 0 Å². The van der Waals surface area contributed by atoms with Crippen LogP contribution in [0.5, 0.6) is 0 Å². The van der Waals surface area contributed by atoms with Gasteiger partial charge >= 0.3 is 0 Å². The van der Waals surface area contributed by atoms with Gasteiger partial charge in [-0.15, -0.1) is 0 Å². The predicted octanol–water partition coefficient (Wildman–Crippen LogP) is 1.87. The number of unbranched alkanes of at least 4 members (excludes halogenated alkanes) is 2. The van der Waals surface area contributed by atoms with Gasteiger partial charge in [-0.25, -0.2) is 0 Å². The summed E-state index contributed by atoms with van der Waals surface area (Å²) in [6.45, 7) is 9.40. The summed E-state index contributed by atoms with van der Waals surface area (Å²) >= 11 is 0. The molecule has 0 aromatic rings. The second-order valence-electron chi connectivity index (χ2n) is 7.58. The molecular weight excluding hydrogens is 348 g/mol. The van der Waals surface area contributed by atoms with Gasteiger partial charge in [0.1, 0.15) is 0 Å². The van der Waals surface area contributed by atoms with Crippen molar-refractivity contribution in [3.8, 4) is 0 Å². The molecule has 7 heteroatoms. The number of rotatable bonds is 14. The molecule has 1 aliphatic rings. The van der Waals surface area contributed by atoms with Crippen molar-refractivity contribution in [2.75, 3.05) is 39.5 Å². The topological polar surface area (TPSA) is 84.9 Å². The molecule has 3 amide bonds. The second-order valence-corrected chi connectivity index (χ2v) is 7.58. The van der Waals surface area contributed by atoms with E-state index in [4.69, 9.17) is 9.47 Å². The van der Waals surface area contributed by atoms with Gasteiger partial charge < -0.3 is 14.8 Å². The lowest BCUT2D eigenvalue weighted by Gasteiger charge is -2.17. The molecule has 7 nitrogen and oxygen atoms in total. The number of ether oxygens (including phenoxy) is 2. The van der Waals surface area contributed by atoms with Gasteiger partial charge in [0, 0.05) is 31.7 Å². The normalized spacial score (nSPS) is 14.3. The molecule has 0 unspecified atom stereocenters. The first-order valence-electron chi connectivity index (χ1n) is 9.60. The van der Waals surface area contributed by atoms with Crippen molar-refractivity contribution in [2.24, 2.45) is 5.41 Å². The highest BCUT2D eigenvalue weighted by Crippen LogP contribution is 2.16. The van der Waals surface area contributed by atoms with Crippen LogP contribution in [0.4, 0.5) is 0 Å². The van der Waals surface area contributed by atoms with Crippen LogP contribution in [0.3, 0.4) is 0 Å². The van der Waals surface area contributed by atoms with Crippen LogP contribution in [-0.4, -0.2) is 62.1 Å². The average molecular weight is 381 g/mol. The Hall–Kier alpha value is -1.73. The molecule has 0 aliphatic carbocycles. The van der Waals surface area contributed by atoms with Crippen LogP contribution >= 0.6 is 0 Å². The van der Waals surface area contributed by atoms with Gasteiger partial charge in [0.15, 0.2) is 0 Å². The third kappa shape index (κ3) is 11.6. The number of hydrogen-bond acceptors (Lipinski definition) is 5. The summed E-state index contributed by atoms with van der Waals surface area (Å²) in [5.41, 5.74) is 0.158. The molecule has 1 aliphatic heterocycles. The summed E-state index contributed by atoms with van der Waals surface area (Å²) in [7, 11) is 0. The number of carbonyl (C=O) groups excluding carboxylic acids is 3. The average Bonchev–Trinajstić information content (AvgIpc) is 2.90. The SMILES string of the molecule is CC(C)(C)[CH]COCCOCCNC(=O)CCCCCN1C(=O)C=CC1=O. The van der Waals surface area contributed by atoms with Gasteiger partial charge in [-0.1, -0.05) is 27.2 Å². The minimum absolute atomic E-state index is 0.00961. The summed E-state index contributed by atoms with van der Waals surface area (Å²) in [5, 5.41) is 2.81. The highest BCUT2D eigenvalue weighted by molar-refractivity contribution is 6.12. The first kappa shape index (κ1) is 23.3. The minimum Gasteiger partial charge on any atom is -0.379 e.